The highest BCUT2D eigenvalue weighted by molar-refractivity contribution is 7.89. The first kappa shape index (κ1) is 24.2. The molecule has 0 N–H and O–H groups in total. The van der Waals surface area contributed by atoms with Gasteiger partial charge in [-0.05, 0) is 62.9 Å². The lowest BCUT2D eigenvalue weighted by Gasteiger charge is -2.32. The molecule has 2 atom stereocenters. The zero-order valence-corrected chi connectivity index (χ0v) is 20.5. The number of methoxy groups -OCH3 is 1. The molecule has 4 rings (SSSR count). The number of anilines is 1. The fourth-order valence-corrected chi connectivity index (χ4v) is 6.51. The summed E-state index contributed by atoms with van der Waals surface area (Å²) in [7, 11) is -2.49. The van der Waals surface area contributed by atoms with E-state index in [4.69, 9.17) is 9.47 Å². The first-order valence-corrected chi connectivity index (χ1v) is 13.0. The molecule has 0 saturated carbocycles. The lowest BCUT2D eigenvalue weighted by atomic mass is 10.1. The molecule has 2 heterocycles. The van der Waals surface area contributed by atoms with Crippen LogP contribution in [0.15, 0.2) is 47.4 Å². The summed E-state index contributed by atoms with van der Waals surface area (Å²) in [6.07, 6.45) is 2.26. The second kappa shape index (κ2) is 9.76. The van der Waals surface area contributed by atoms with Crippen molar-refractivity contribution in [2.24, 2.45) is 0 Å². The minimum Gasteiger partial charge on any atom is -0.495 e. The molecule has 0 unspecified atom stereocenters. The molecule has 2 aliphatic rings. The molecule has 182 valence electrons. The molecule has 0 aromatic heterocycles. The van der Waals surface area contributed by atoms with Crippen molar-refractivity contribution >= 4 is 27.6 Å². The highest BCUT2D eigenvalue weighted by Gasteiger charge is 2.34. The van der Waals surface area contributed by atoms with Gasteiger partial charge in [0.05, 0.1) is 12.7 Å². The van der Waals surface area contributed by atoms with E-state index < -0.39 is 22.1 Å². The van der Waals surface area contributed by atoms with Gasteiger partial charge in [-0.2, -0.15) is 4.31 Å². The Balaban J connectivity index is 1.54. The SMILES string of the molecule is COc1ccc(C(=O)O[C@H](C)C(=O)N2CCc3ccccc32)cc1S(=O)(=O)N1CCCC[C@@H]1C. The lowest BCUT2D eigenvalue weighted by molar-refractivity contribution is -0.126. The van der Waals surface area contributed by atoms with Gasteiger partial charge >= 0.3 is 5.97 Å². The zero-order valence-electron chi connectivity index (χ0n) is 19.7. The quantitative estimate of drug-likeness (QED) is 0.581. The summed E-state index contributed by atoms with van der Waals surface area (Å²) >= 11 is 0. The largest absolute Gasteiger partial charge is 0.495 e. The minimum absolute atomic E-state index is 0.0468. The van der Waals surface area contributed by atoms with Crippen LogP contribution in [0.3, 0.4) is 0 Å². The molecule has 8 nitrogen and oxygen atoms in total. The van der Waals surface area contributed by atoms with Gasteiger partial charge in [-0.15, -0.1) is 0 Å². The average molecular weight is 487 g/mol. The smallest absolute Gasteiger partial charge is 0.338 e. The number of para-hydroxylation sites is 1. The van der Waals surface area contributed by atoms with Crippen LogP contribution in [0, 0.1) is 0 Å². The van der Waals surface area contributed by atoms with Crippen molar-refractivity contribution in [3.8, 4) is 5.75 Å². The number of piperidine rings is 1. The molecule has 1 amide bonds. The summed E-state index contributed by atoms with van der Waals surface area (Å²) < 4.78 is 39.0. The Morgan fingerprint density at radius 2 is 1.85 bits per heavy atom. The Morgan fingerprint density at radius 3 is 2.59 bits per heavy atom. The number of esters is 1. The van der Waals surface area contributed by atoms with Crippen molar-refractivity contribution in [2.75, 3.05) is 25.1 Å². The van der Waals surface area contributed by atoms with Gasteiger partial charge in [-0.25, -0.2) is 13.2 Å². The maximum atomic E-state index is 13.4. The Morgan fingerprint density at radius 1 is 1.09 bits per heavy atom. The third-order valence-corrected chi connectivity index (χ3v) is 8.55. The van der Waals surface area contributed by atoms with Crippen LogP contribution in [-0.4, -0.2) is 56.9 Å². The second-order valence-corrected chi connectivity index (χ2v) is 10.6. The van der Waals surface area contributed by atoms with Gasteiger partial charge < -0.3 is 14.4 Å². The van der Waals surface area contributed by atoms with Crippen molar-refractivity contribution in [1.29, 1.82) is 0 Å². The first-order valence-electron chi connectivity index (χ1n) is 11.5. The summed E-state index contributed by atoms with van der Waals surface area (Å²) in [5.74, 6) is -0.923. The number of rotatable bonds is 6. The van der Waals surface area contributed by atoms with E-state index in [0.717, 1.165) is 36.9 Å². The first-order chi connectivity index (χ1) is 16.2. The number of carbonyl (C=O) groups is 2. The summed E-state index contributed by atoms with van der Waals surface area (Å²) in [6.45, 7) is 4.35. The Bertz CT molecular complexity index is 1200. The molecular formula is C25H30N2O6S. The predicted molar refractivity (Wildman–Crippen MR) is 128 cm³/mol. The Hall–Kier alpha value is -2.91. The molecule has 0 radical (unpaired) electrons. The van der Waals surface area contributed by atoms with E-state index in [1.807, 2.05) is 31.2 Å². The molecule has 0 spiro atoms. The van der Waals surface area contributed by atoms with Gasteiger partial charge in [0, 0.05) is 24.8 Å². The number of fused-ring (bicyclic) bond motifs is 1. The zero-order chi connectivity index (χ0) is 24.5. The van der Waals surface area contributed by atoms with Crippen LogP contribution in [0.4, 0.5) is 5.69 Å². The fraction of sp³-hybridized carbons (Fsp3) is 0.440. The van der Waals surface area contributed by atoms with Gasteiger partial charge in [-0.1, -0.05) is 24.6 Å². The molecule has 0 aliphatic carbocycles. The molecule has 1 saturated heterocycles. The van der Waals surface area contributed by atoms with E-state index in [9.17, 15) is 18.0 Å². The van der Waals surface area contributed by atoms with Gasteiger partial charge in [0.25, 0.3) is 5.91 Å². The van der Waals surface area contributed by atoms with Crippen LogP contribution in [0.1, 0.15) is 49.0 Å². The van der Waals surface area contributed by atoms with Crippen LogP contribution < -0.4 is 9.64 Å². The summed E-state index contributed by atoms with van der Waals surface area (Å²) in [6, 6.07) is 11.7. The Kier molecular flexibility index (Phi) is 6.95. The summed E-state index contributed by atoms with van der Waals surface area (Å²) in [4.78, 5) is 27.4. The lowest BCUT2D eigenvalue weighted by Crippen LogP contribution is -2.42. The van der Waals surface area contributed by atoms with Crippen molar-refractivity contribution < 1.29 is 27.5 Å². The number of amides is 1. The van der Waals surface area contributed by atoms with Crippen LogP contribution >= 0.6 is 0 Å². The summed E-state index contributed by atoms with van der Waals surface area (Å²) in [5, 5.41) is 0. The van der Waals surface area contributed by atoms with Crippen molar-refractivity contribution in [3.63, 3.8) is 0 Å². The average Bonchev–Trinajstić information content (AvgIpc) is 3.27. The second-order valence-electron chi connectivity index (χ2n) is 8.74. The maximum absolute atomic E-state index is 13.4. The predicted octanol–water partition coefficient (Wildman–Crippen LogP) is 3.39. The number of nitrogens with zero attached hydrogens (tertiary/aromatic N) is 2. The standard InChI is InChI=1S/C25H30N2O6S/c1-17-8-6-7-14-27(17)34(30,31)23-16-20(11-12-22(23)32-3)25(29)33-18(2)24(28)26-15-13-19-9-4-5-10-21(19)26/h4-5,9-12,16-18H,6-8,13-15H2,1-3H3/t17-,18+/m0/s1. The molecule has 9 heteroatoms. The van der Waals surface area contributed by atoms with Crippen LogP contribution in [-0.2, 0) is 26.0 Å². The highest BCUT2D eigenvalue weighted by atomic mass is 32.2. The Labute approximate surface area is 200 Å². The fourth-order valence-electron chi connectivity index (χ4n) is 4.63. The molecule has 2 aromatic rings. The van der Waals surface area contributed by atoms with Crippen molar-refractivity contribution in [1.82, 2.24) is 4.31 Å². The summed E-state index contributed by atoms with van der Waals surface area (Å²) in [5.41, 5.74) is 1.95. The number of hydrogen-bond donors (Lipinski definition) is 0. The normalized spacial score (nSPS) is 19.4. The number of carbonyl (C=O) groups excluding carboxylic acids is 2. The number of benzene rings is 2. The number of sulfonamides is 1. The molecule has 1 fully saturated rings. The third kappa shape index (κ3) is 4.54. The van der Waals surface area contributed by atoms with Gasteiger partial charge in [0.15, 0.2) is 6.10 Å². The van der Waals surface area contributed by atoms with Crippen LogP contribution in [0.2, 0.25) is 0 Å². The third-order valence-electron chi connectivity index (χ3n) is 6.51. The minimum atomic E-state index is -3.88. The van der Waals surface area contributed by atoms with E-state index in [2.05, 4.69) is 0 Å². The number of ether oxygens (including phenoxy) is 2. The van der Waals surface area contributed by atoms with E-state index >= 15 is 0 Å². The van der Waals surface area contributed by atoms with Crippen LogP contribution in [0.5, 0.6) is 5.75 Å². The molecule has 34 heavy (non-hydrogen) atoms. The topological polar surface area (TPSA) is 93.2 Å². The van der Waals surface area contributed by atoms with Gasteiger partial charge in [0.2, 0.25) is 10.0 Å². The van der Waals surface area contributed by atoms with E-state index in [1.54, 1.807) is 4.90 Å². The number of hydrogen-bond acceptors (Lipinski definition) is 6. The maximum Gasteiger partial charge on any atom is 0.338 e. The monoisotopic (exact) mass is 486 g/mol. The van der Waals surface area contributed by atoms with Crippen LogP contribution in [0.25, 0.3) is 0 Å². The molecular weight excluding hydrogens is 456 g/mol. The molecule has 2 aromatic carbocycles. The molecule has 2 aliphatic heterocycles. The molecule has 0 bridgehead atoms. The van der Waals surface area contributed by atoms with Crippen molar-refractivity contribution in [2.45, 2.75) is 56.6 Å². The van der Waals surface area contributed by atoms with Crippen molar-refractivity contribution in [3.05, 3.63) is 53.6 Å². The van der Waals surface area contributed by atoms with Gasteiger partial charge in [0.1, 0.15) is 10.6 Å². The highest BCUT2D eigenvalue weighted by Crippen LogP contribution is 2.32. The van der Waals surface area contributed by atoms with E-state index in [0.29, 0.717) is 13.1 Å². The van der Waals surface area contributed by atoms with Gasteiger partial charge in [-0.3, -0.25) is 4.79 Å². The van der Waals surface area contributed by atoms with E-state index in [-0.39, 0.29) is 28.2 Å². The van der Waals surface area contributed by atoms with E-state index in [1.165, 1.54) is 36.5 Å².